The Labute approximate surface area is 178 Å². The molecule has 11 nitrogen and oxygen atoms in total. The number of nitrogens with zero attached hydrogens (tertiary/aromatic N) is 7. The topological polar surface area (TPSA) is 112 Å². The number of amides is 1. The average Bonchev–Trinajstić information content (AvgIpc) is 3.41. The molecule has 0 saturated carbocycles. The number of ether oxygens (including phenoxy) is 1. The first kappa shape index (κ1) is 20.5. The Kier molecular flexibility index (Phi) is 5.94. The molecule has 2 aromatic heterocycles. The van der Waals surface area contributed by atoms with Gasteiger partial charge >= 0.3 is 5.69 Å². The largest absolute Gasteiger partial charge is 0.464 e. The number of carbonyl (C=O) groups is 1. The van der Waals surface area contributed by atoms with E-state index in [1.165, 1.54) is 16.8 Å². The van der Waals surface area contributed by atoms with E-state index in [4.69, 9.17) is 4.74 Å². The summed E-state index contributed by atoms with van der Waals surface area (Å²) >= 11 is 0. The number of aromatic nitrogens is 4. The predicted octanol–water partition coefficient (Wildman–Crippen LogP) is 1.52. The van der Waals surface area contributed by atoms with Crippen molar-refractivity contribution in [3.8, 4) is 5.75 Å². The van der Waals surface area contributed by atoms with E-state index in [9.17, 15) is 14.9 Å². The van der Waals surface area contributed by atoms with E-state index in [0.717, 1.165) is 25.2 Å². The molecule has 0 unspecified atom stereocenters. The maximum absolute atomic E-state index is 12.8. The number of nitro groups is 1. The Hall–Kier alpha value is -3.73. The fourth-order valence-electron chi connectivity index (χ4n) is 3.50. The number of benzene rings is 1. The first-order chi connectivity index (χ1) is 15.0. The van der Waals surface area contributed by atoms with Crippen molar-refractivity contribution < 1.29 is 14.5 Å². The second kappa shape index (κ2) is 8.96. The number of aryl methyl sites for hydroxylation is 1. The highest BCUT2D eigenvalue weighted by Gasteiger charge is 2.24. The third kappa shape index (κ3) is 4.89. The molecule has 1 saturated heterocycles. The van der Waals surface area contributed by atoms with Crippen LogP contribution in [0, 0.1) is 10.1 Å². The van der Waals surface area contributed by atoms with Crippen LogP contribution >= 0.6 is 0 Å². The van der Waals surface area contributed by atoms with Crippen molar-refractivity contribution in [2.24, 2.45) is 7.05 Å². The molecule has 0 radical (unpaired) electrons. The van der Waals surface area contributed by atoms with Crippen LogP contribution in [-0.2, 0) is 20.3 Å². The van der Waals surface area contributed by atoms with E-state index in [1.807, 2.05) is 19.4 Å². The first-order valence-corrected chi connectivity index (χ1v) is 9.88. The molecule has 162 valence electrons. The van der Waals surface area contributed by atoms with E-state index in [-0.39, 0.29) is 24.1 Å². The third-order valence-electron chi connectivity index (χ3n) is 5.10. The molecule has 1 fully saturated rings. The Morgan fingerprint density at radius 3 is 2.68 bits per heavy atom. The lowest BCUT2D eigenvalue weighted by molar-refractivity contribution is -0.386. The van der Waals surface area contributed by atoms with Crippen molar-refractivity contribution >= 4 is 11.6 Å². The van der Waals surface area contributed by atoms with Gasteiger partial charge in [-0.25, -0.2) is 4.68 Å². The molecule has 11 heteroatoms. The molecule has 1 amide bonds. The van der Waals surface area contributed by atoms with Crippen molar-refractivity contribution in [1.82, 2.24) is 29.4 Å². The zero-order valence-electron chi connectivity index (χ0n) is 17.1. The molecule has 1 aliphatic rings. The van der Waals surface area contributed by atoms with Gasteiger partial charge in [0.2, 0.25) is 0 Å². The smallest absolute Gasteiger partial charge is 0.311 e. The van der Waals surface area contributed by atoms with Gasteiger partial charge in [-0.15, -0.1) is 0 Å². The highest BCUT2D eigenvalue weighted by molar-refractivity contribution is 5.92. The Morgan fingerprint density at radius 1 is 1.19 bits per heavy atom. The van der Waals surface area contributed by atoms with E-state index < -0.39 is 4.92 Å². The fraction of sp³-hybridized carbons (Fsp3) is 0.350. The summed E-state index contributed by atoms with van der Waals surface area (Å²) < 4.78 is 8.75. The fourth-order valence-corrected chi connectivity index (χ4v) is 3.50. The number of nitro benzene ring substituents is 1. The number of rotatable bonds is 7. The number of piperazine rings is 1. The van der Waals surface area contributed by atoms with Crippen LogP contribution < -0.4 is 4.74 Å². The molecule has 1 aromatic carbocycles. The van der Waals surface area contributed by atoms with Gasteiger partial charge in [0.15, 0.2) is 18.2 Å². The molecule has 3 heterocycles. The Morgan fingerprint density at radius 2 is 1.97 bits per heavy atom. The summed E-state index contributed by atoms with van der Waals surface area (Å²) in [6.07, 6.45) is 5.48. The van der Waals surface area contributed by atoms with Gasteiger partial charge in [0.25, 0.3) is 5.91 Å². The normalized spacial score (nSPS) is 14.5. The lowest BCUT2D eigenvalue weighted by Gasteiger charge is -2.34. The van der Waals surface area contributed by atoms with E-state index >= 15 is 0 Å². The van der Waals surface area contributed by atoms with E-state index in [1.54, 1.807) is 34.0 Å². The Balaban J connectivity index is 1.30. The monoisotopic (exact) mass is 425 g/mol. The van der Waals surface area contributed by atoms with Crippen molar-refractivity contribution in [3.63, 3.8) is 0 Å². The van der Waals surface area contributed by atoms with Gasteiger partial charge in [0, 0.05) is 63.8 Å². The summed E-state index contributed by atoms with van der Waals surface area (Å²) in [5.41, 5.74) is 1.36. The van der Waals surface area contributed by atoms with Gasteiger partial charge in [0.05, 0.1) is 11.1 Å². The second-order valence-corrected chi connectivity index (χ2v) is 7.33. The SMILES string of the molecule is Cn1cc(CN2CCN(C(=O)c3ccn(COc4ccccc4[N+](=O)[O-])n3)CC2)cn1. The van der Waals surface area contributed by atoms with Crippen LogP contribution in [0.4, 0.5) is 5.69 Å². The van der Waals surface area contributed by atoms with Crippen molar-refractivity contribution in [1.29, 1.82) is 0 Å². The van der Waals surface area contributed by atoms with Gasteiger partial charge in [-0.2, -0.15) is 10.2 Å². The molecule has 0 aliphatic carbocycles. The van der Waals surface area contributed by atoms with E-state index in [0.29, 0.717) is 18.8 Å². The van der Waals surface area contributed by atoms with Crippen LogP contribution in [-0.4, -0.2) is 66.4 Å². The highest BCUT2D eigenvalue weighted by atomic mass is 16.6. The van der Waals surface area contributed by atoms with Gasteiger partial charge in [-0.1, -0.05) is 12.1 Å². The first-order valence-electron chi connectivity index (χ1n) is 9.88. The van der Waals surface area contributed by atoms with Crippen LogP contribution in [0.1, 0.15) is 16.1 Å². The van der Waals surface area contributed by atoms with E-state index in [2.05, 4.69) is 15.1 Å². The number of carbonyl (C=O) groups excluding carboxylic acids is 1. The van der Waals surface area contributed by atoms with Crippen LogP contribution in [0.3, 0.4) is 0 Å². The molecule has 3 aromatic rings. The molecule has 0 bridgehead atoms. The lowest BCUT2D eigenvalue weighted by Crippen LogP contribution is -2.48. The molecular formula is C20H23N7O4. The molecule has 0 N–H and O–H groups in total. The molecule has 0 spiro atoms. The molecule has 0 atom stereocenters. The van der Waals surface area contributed by atoms with Gasteiger partial charge < -0.3 is 9.64 Å². The van der Waals surface area contributed by atoms with Crippen LogP contribution in [0.2, 0.25) is 0 Å². The standard InChI is InChI=1S/C20H23N7O4/c1-23-13-16(12-21-23)14-24-8-10-25(11-9-24)20(28)17-6-7-26(22-17)15-31-19-5-3-2-4-18(19)27(29)30/h2-7,12-13H,8-11,14-15H2,1H3. The summed E-state index contributed by atoms with van der Waals surface area (Å²) in [5.74, 6) is 0.0195. The van der Waals surface area contributed by atoms with Crippen LogP contribution in [0.25, 0.3) is 0 Å². The Bertz CT molecular complexity index is 1070. The minimum absolute atomic E-state index is 0.0307. The molecule has 31 heavy (non-hydrogen) atoms. The third-order valence-corrected chi connectivity index (χ3v) is 5.10. The van der Waals surface area contributed by atoms with Crippen molar-refractivity contribution in [3.05, 3.63) is 70.3 Å². The summed E-state index contributed by atoms with van der Waals surface area (Å²) in [6, 6.07) is 7.77. The lowest BCUT2D eigenvalue weighted by atomic mass is 10.2. The number of hydrogen-bond donors (Lipinski definition) is 0. The molecule has 1 aliphatic heterocycles. The molecular weight excluding hydrogens is 402 g/mol. The van der Waals surface area contributed by atoms with Gasteiger partial charge in [-0.05, 0) is 12.1 Å². The van der Waals surface area contributed by atoms with Crippen LogP contribution in [0.15, 0.2) is 48.9 Å². The highest BCUT2D eigenvalue weighted by Crippen LogP contribution is 2.26. The maximum atomic E-state index is 12.8. The zero-order valence-corrected chi connectivity index (χ0v) is 17.1. The quantitative estimate of drug-likeness (QED) is 0.417. The van der Waals surface area contributed by atoms with Gasteiger partial charge in [-0.3, -0.25) is 24.5 Å². The zero-order chi connectivity index (χ0) is 21.8. The van der Waals surface area contributed by atoms with Crippen molar-refractivity contribution in [2.75, 3.05) is 26.2 Å². The summed E-state index contributed by atoms with van der Waals surface area (Å²) in [5, 5.41) is 19.5. The molecule has 4 rings (SSSR count). The average molecular weight is 425 g/mol. The summed E-state index contributed by atoms with van der Waals surface area (Å²) in [6.45, 7) is 3.59. The number of para-hydroxylation sites is 2. The predicted molar refractivity (Wildman–Crippen MR) is 110 cm³/mol. The summed E-state index contributed by atoms with van der Waals surface area (Å²) in [7, 11) is 1.89. The van der Waals surface area contributed by atoms with Gasteiger partial charge in [0.1, 0.15) is 0 Å². The van der Waals surface area contributed by atoms with Crippen LogP contribution in [0.5, 0.6) is 5.75 Å². The minimum Gasteiger partial charge on any atom is -0.464 e. The maximum Gasteiger partial charge on any atom is 0.311 e. The minimum atomic E-state index is -0.499. The summed E-state index contributed by atoms with van der Waals surface area (Å²) in [4.78, 5) is 27.4. The number of hydrogen-bond acceptors (Lipinski definition) is 7. The second-order valence-electron chi connectivity index (χ2n) is 7.33. The van der Waals surface area contributed by atoms with Crippen molar-refractivity contribution in [2.45, 2.75) is 13.3 Å².